The number of benzene rings is 1. The largest absolute Gasteiger partial charge is 0.485 e. The summed E-state index contributed by atoms with van der Waals surface area (Å²) in [5.41, 5.74) is 12.8. The Morgan fingerprint density at radius 2 is 1.97 bits per heavy atom. The van der Waals surface area contributed by atoms with Crippen LogP contribution in [0.15, 0.2) is 47.8 Å². The first-order valence-corrected chi connectivity index (χ1v) is 9.56. The molecule has 150 valence electrons. The number of hydrogen-bond acceptors (Lipinski definition) is 5. The lowest BCUT2D eigenvalue weighted by atomic mass is 9.98. The van der Waals surface area contributed by atoms with Gasteiger partial charge >= 0.3 is 5.97 Å². The summed E-state index contributed by atoms with van der Waals surface area (Å²) in [5, 5.41) is 3.34. The molecule has 0 saturated heterocycles. The summed E-state index contributed by atoms with van der Waals surface area (Å²) >= 11 is 0. The minimum absolute atomic E-state index is 0.0138. The average molecular weight is 393 g/mol. The van der Waals surface area contributed by atoms with Crippen molar-refractivity contribution in [3.63, 3.8) is 0 Å². The van der Waals surface area contributed by atoms with Gasteiger partial charge in [-0.15, -0.1) is 0 Å². The zero-order chi connectivity index (χ0) is 20.6. The number of carbonyl (C=O) groups is 1. The molecule has 0 aliphatic carbocycles. The van der Waals surface area contributed by atoms with E-state index in [1.54, 1.807) is 16.7 Å². The van der Waals surface area contributed by atoms with Gasteiger partial charge in [-0.3, -0.25) is 4.40 Å². The van der Waals surface area contributed by atoms with Crippen LogP contribution >= 0.6 is 0 Å². The molecule has 0 aliphatic rings. The van der Waals surface area contributed by atoms with Gasteiger partial charge < -0.3 is 9.47 Å². The first kappa shape index (κ1) is 20.2. The zero-order valence-electron chi connectivity index (χ0n) is 16.5. The Hall–Kier alpha value is -3.51. The molecule has 0 aliphatic heterocycles. The fraction of sp³-hybridized carbons (Fsp3) is 0.333. The number of esters is 1. The summed E-state index contributed by atoms with van der Waals surface area (Å²) in [6.07, 6.45) is 5.06. The minimum atomic E-state index is -0.535. The molecule has 0 saturated carbocycles. The molecule has 0 amide bonds. The van der Waals surface area contributed by atoms with E-state index in [9.17, 15) is 4.79 Å². The van der Waals surface area contributed by atoms with Crippen molar-refractivity contribution in [1.82, 2.24) is 9.38 Å². The highest BCUT2D eigenvalue weighted by atomic mass is 16.5. The molecule has 0 bridgehead atoms. The van der Waals surface area contributed by atoms with Crippen molar-refractivity contribution < 1.29 is 14.3 Å². The summed E-state index contributed by atoms with van der Waals surface area (Å²) in [5.74, 6) is 0.0565. The predicted molar refractivity (Wildman–Crippen MR) is 109 cm³/mol. The molecule has 1 aromatic carbocycles. The number of pyridine rings is 1. The molecule has 0 radical (unpaired) electrons. The molecular weight excluding hydrogens is 370 g/mol. The number of aromatic nitrogens is 2. The van der Waals surface area contributed by atoms with E-state index in [0.29, 0.717) is 18.0 Å². The molecule has 8 nitrogen and oxygen atoms in total. The Balaban J connectivity index is 1.81. The summed E-state index contributed by atoms with van der Waals surface area (Å²) < 4.78 is 12.9. The van der Waals surface area contributed by atoms with E-state index < -0.39 is 5.97 Å². The third-order valence-electron chi connectivity index (χ3n) is 4.70. The molecule has 8 heteroatoms. The van der Waals surface area contributed by atoms with Gasteiger partial charge in [-0.05, 0) is 47.2 Å². The van der Waals surface area contributed by atoms with Crippen LogP contribution in [0.2, 0.25) is 0 Å². The number of hydrogen-bond donors (Lipinski definition) is 0. The fourth-order valence-corrected chi connectivity index (χ4v) is 3.23. The lowest BCUT2D eigenvalue weighted by Gasteiger charge is -2.14. The Kier molecular flexibility index (Phi) is 6.71. The number of carbonyl (C=O) groups excluding carboxylic acids is 1. The maximum Gasteiger partial charge on any atom is 0.356 e. The van der Waals surface area contributed by atoms with Gasteiger partial charge in [0.2, 0.25) is 0 Å². The summed E-state index contributed by atoms with van der Waals surface area (Å²) in [4.78, 5) is 19.2. The van der Waals surface area contributed by atoms with Crippen LogP contribution in [0.4, 0.5) is 0 Å². The first-order valence-electron chi connectivity index (χ1n) is 9.56. The molecule has 0 fully saturated rings. The van der Waals surface area contributed by atoms with Gasteiger partial charge in [0.1, 0.15) is 6.61 Å². The Morgan fingerprint density at radius 3 is 2.66 bits per heavy atom. The summed E-state index contributed by atoms with van der Waals surface area (Å²) in [6.45, 7) is 4.80. The Labute approximate surface area is 168 Å². The number of fused-ring (bicyclic) bond motifs is 1. The highest BCUT2D eigenvalue weighted by molar-refractivity contribution is 5.88. The van der Waals surface area contributed by atoms with Crippen molar-refractivity contribution in [2.75, 3.05) is 13.2 Å². The smallest absolute Gasteiger partial charge is 0.356 e. The Morgan fingerprint density at radius 1 is 1.21 bits per heavy atom. The van der Waals surface area contributed by atoms with E-state index in [0.717, 1.165) is 12.8 Å². The van der Waals surface area contributed by atoms with Crippen LogP contribution in [0.1, 0.15) is 41.0 Å². The van der Waals surface area contributed by atoms with Crippen molar-refractivity contribution in [1.29, 1.82) is 0 Å². The highest BCUT2D eigenvalue weighted by Crippen LogP contribution is 2.24. The Bertz CT molecular complexity index is 1030. The lowest BCUT2D eigenvalue weighted by Crippen LogP contribution is -2.10. The number of nitrogens with zero attached hydrogens (tertiary/aromatic N) is 5. The summed E-state index contributed by atoms with van der Waals surface area (Å²) in [7, 11) is 0. The monoisotopic (exact) mass is 393 g/mol. The van der Waals surface area contributed by atoms with E-state index in [1.807, 2.05) is 6.07 Å². The topological polar surface area (TPSA) is 102 Å². The highest BCUT2D eigenvalue weighted by Gasteiger charge is 2.16. The van der Waals surface area contributed by atoms with Crippen LogP contribution in [0, 0.1) is 0 Å². The maximum absolute atomic E-state index is 12.3. The zero-order valence-corrected chi connectivity index (χ0v) is 16.5. The average Bonchev–Trinajstić information content (AvgIpc) is 3.19. The number of ether oxygens (including phenoxy) is 2. The quantitative estimate of drug-likeness (QED) is 0.175. The molecule has 29 heavy (non-hydrogen) atoms. The fourth-order valence-electron chi connectivity index (χ4n) is 3.23. The second kappa shape index (κ2) is 9.61. The van der Waals surface area contributed by atoms with Crippen molar-refractivity contribution in [3.8, 4) is 5.75 Å². The second-order valence-corrected chi connectivity index (χ2v) is 6.35. The van der Waals surface area contributed by atoms with E-state index in [2.05, 4.69) is 47.1 Å². The molecule has 0 N–H and O–H groups in total. The number of imidazole rings is 1. The summed E-state index contributed by atoms with van der Waals surface area (Å²) in [6, 6.07) is 9.96. The molecule has 3 aromatic rings. The van der Waals surface area contributed by atoms with Crippen LogP contribution in [0.25, 0.3) is 16.1 Å². The van der Waals surface area contributed by atoms with Crippen LogP contribution in [-0.4, -0.2) is 28.5 Å². The van der Waals surface area contributed by atoms with Crippen LogP contribution < -0.4 is 4.74 Å². The molecule has 0 spiro atoms. The molecule has 2 heterocycles. The number of azide groups is 1. The number of rotatable bonds is 9. The van der Waals surface area contributed by atoms with Crippen LogP contribution in [-0.2, 0) is 24.2 Å². The van der Waals surface area contributed by atoms with E-state index in [-0.39, 0.29) is 18.8 Å². The third-order valence-corrected chi connectivity index (χ3v) is 4.70. The maximum atomic E-state index is 12.3. The molecule has 3 rings (SSSR count). The molecule has 0 atom stereocenters. The molecular formula is C21H23N5O3. The second-order valence-electron chi connectivity index (χ2n) is 6.35. The van der Waals surface area contributed by atoms with Crippen molar-refractivity contribution in [3.05, 3.63) is 75.6 Å². The van der Waals surface area contributed by atoms with Gasteiger partial charge in [0.15, 0.2) is 17.1 Å². The predicted octanol–water partition coefficient (Wildman–Crippen LogP) is 4.51. The van der Waals surface area contributed by atoms with Gasteiger partial charge in [-0.1, -0.05) is 37.2 Å². The minimum Gasteiger partial charge on any atom is -0.485 e. The number of aryl methyl sites for hydroxylation is 2. The van der Waals surface area contributed by atoms with Gasteiger partial charge in [0.25, 0.3) is 0 Å². The standard InChI is InChI=1S/C21H23N5O3/c1-3-15-7-5-8-16(4-2)17(15)14-29-19-9-6-11-26-18(13-23-20(19)26)21(27)28-12-10-24-25-22/h5-9,11,13H,3-4,10,12,14H2,1-2H3. The van der Waals surface area contributed by atoms with Crippen LogP contribution in [0.5, 0.6) is 5.75 Å². The third kappa shape index (κ3) is 4.50. The normalized spacial score (nSPS) is 10.6. The SMILES string of the molecule is CCc1cccc(CC)c1COc1cccn2c(C(=O)OCCN=[N+]=[N-])cnc12. The van der Waals surface area contributed by atoms with Gasteiger partial charge in [0, 0.05) is 11.1 Å². The van der Waals surface area contributed by atoms with Crippen molar-refractivity contribution >= 4 is 11.6 Å². The van der Waals surface area contributed by atoms with E-state index in [1.165, 1.54) is 22.9 Å². The molecule has 0 unspecified atom stereocenters. The molecule has 2 aromatic heterocycles. The van der Waals surface area contributed by atoms with Crippen molar-refractivity contribution in [2.24, 2.45) is 5.11 Å². The lowest BCUT2D eigenvalue weighted by molar-refractivity contribution is 0.0509. The van der Waals surface area contributed by atoms with E-state index >= 15 is 0 Å². The van der Waals surface area contributed by atoms with Gasteiger partial charge in [-0.25, -0.2) is 9.78 Å². The first-order chi connectivity index (χ1) is 14.2. The van der Waals surface area contributed by atoms with E-state index in [4.69, 9.17) is 15.0 Å². The van der Waals surface area contributed by atoms with Crippen molar-refractivity contribution in [2.45, 2.75) is 33.3 Å². The van der Waals surface area contributed by atoms with Gasteiger partial charge in [0.05, 0.1) is 19.3 Å². The van der Waals surface area contributed by atoms with Crippen LogP contribution in [0.3, 0.4) is 0 Å². The van der Waals surface area contributed by atoms with Gasteiger partial charge in [-0.2, -0.15) is 0 Å².